The van der Waals surface area contributed by atoms with Crippen LogP contribution in [0.4, 0.5) is 0 Å². The van der Waals surface area contributed by atoms with Gasteiger partial charge in [-0.05, 0) is 31.5 Å². The van der Waals surface area contributed by atoms with E-state index in [-0.39, 0.29) is 6.29 Å². The quantitative estimate of drug-likeness (QED) is 0.638. The van der Waals surface area contributed by atoms with Gasteiger partial charge in [-0.1, -0.05) is 25.5 Å². The molecule has 0 fully saturated rings. The lowest BCUT2D eigenvalue weighted by Crippen LogP contribution is -2.20. The Balaban J connectivity index is 2.43. The molecule has 0 aliphatic carbocycles. The maximum Gasteiger partial charge on any atom is 0.199 e. The third-order valence-corrected chi connectivity index (χ3v) is 2.10. The van der Waals surface area contributed by atoms with Crippen LogP contribution in [0.2, 0.25) is 0 Å². The van der Waals surface area contributed by atoms with Crippen molar-refractivity contribution < 1.29 is 9.47 Å². The molecule has 1 aromatic rings. The van der Waals surface area contributed by atoms with Gasteiger partial charge in [0.1, 0.15) is 5.75 Å². The smallest absolute Gasteiger partial charge is 0.199 e. The molecule has 2 nitrogen and oxygen atoms in total. The predicted molar refractivity (Wildman–Crippen MR) is 60.8 cm³/mol. The maximum absolute atomic E-state index is 5.71. The van der Waals surface area contributed by atoms with Gasteiger partial charge in [0.2, 0.25) is 0 Å². The van der Waals surface area contributed by atoms with Gasteiger partial charge in [-0.25, -0.2) is 0 Å². The second kappa shape index (κ2) is 7.30. The molecule has 1 atom stereocenters. The Bertz CT molecular complexity index is 246. The van der Waals surface area contributed by atoms with E-state index in [0.717, 1.165) is 25.0 Å². The first-order valence-electron chi connectivity index (χ1n) is 5.61. The van der Waals surface area contributed by atoms with Gasteiger partial charge >= 0.3 is 0 Å². The number of hydrogen-bond acceptors (Lipinski definition) is 2. The Morgan fingerprint density at radius 2 is 2.00 bits per heavy atom. The summed E-state index contributed by atoms with van der Waals surface area (Å²) in [6.45, 7) is 4.84. The van der Waals surface area contributed by atoms with Crippen LogP contribution in [0.25, 0.3) is 0 Å². The van der Waals surface area contributed by atoms with Crippen LogP contribution in [0.15, 0.2) is 24.3 Å². The van der Waals surface area contributed by atoms with Crippen molar-refractivity contribution in [3.05, 3.63) is 30.3 Å². The van der Waals surface area contributed by atoms with Crippen LogP contribution in [0.5, 0.6) is 5.75 Å². The highest BCUT2D eigenvalue weighted by Crippen LogP contribution is 2.14. The molecule has 0 spiro atoms. The number of ether oxygens (including phenoxy) is 2. The number of unbranched alkanes of at least 4 members (excludes halogenated alkanes) is 1. The van der Waals surface area contributed by atoms with Crippen molar-refractivity contribution in [1.82, 2.24) is 0 Å². The monoisotopic (exact) mass is 207 g/mol. The van der Waals surface area contributed by atoms with Gasteiger partial charge in [-0.3, -0.25) is 0 Å². The minimum Gasteiger partial charge on any atom is -0.465 e. The molecule has 0 saturated carbocycles. The highest BCUT2D eigenvalue weighted by molar-refractivity contribution is 5.20. The minimum absolute atomic E-state index is 0.114. The summed E-state index contributed by atoms with van der Waals surface area (Å²) in [5.74, 6) is 0.850. The first kappa shape index (κ1) is 12.1. The molecule has 15 heavy (non-hydrogen) atoms. The van der Waals surface area contributed by atoms with E-state index in [9.17, 15) is 0 Å². The van der Waals surface area contributed by atoms with Crippen LogP contribution in [-0.2, 0) is 4.74 Å². The fraction of sp³-hybridized carbons (Fsp3) is 0.538. The fourth-order valence-corrected chi connectivity index (χ4v) is 1.33. The first-order chi connectivity index (χ1) is 7.36. The first-order valence-corrected chi connectivity index (χ1v) is 5.61. The summed E-state index contributed by atoms with van der Waals surface area (Å²) < 4.78 is 11.2. The second-order valence-electron chi connectivity index (χ2n) is 3.38. The van der Waals surface area contributed by atoms with E-state index in [2.05, 4.69) is 13.0 Å². The van der Waals surface area contributed by atoms with Gasteiger partial charge in [0.15, 0.2) is 6.29 Å². The summed E-state index contributed by atoms with van der Waals surface area (Å²) in [6, 6.07) is 10.5. The molecule has 0 aliphatic rings. The molecule has 0 N–H and O–H groups in total. The molecule has 1 rings (SSSR count). The third kappa shape index (κ3) is 4.84. The van der Waals surface area contributed by atoms with Crippen molar-refractivity contribution >= 4 is 0 Å². The fourth-order valence-electron chi connectivity index (χ4n) is 1.33. The largest absolute Gasteiger partial charge is 0.465 e. The lowest BCUT2D eigenvalue weighted by molar-refractivity contribution is -0.0806. The van der Waals surface area contributed by atoms with Crippen molar-refractivity contribution in [2.75, 3.05) is 6.61 Å². The molecule has 0 aliphatic heterocycles. The molecule has 1 unspecified atom stereocenters. The predicted octanol–water partition coefficient (Wildman–Crippen LogP) is 3.42. The number of benzene rings is 1. The van der Waals surface area contributed by atoms with Crippen LogP contribution >= 0.6 is 0 Å². The highest BCUT2D eigenvalue weighted by Gasteiger charge is 2.08. The van der Waals surface area contributed by atoms with E-state index in [1.165, 1.54) is 0 Å². The molecular weight excluding hydrogens is 188 g/mol. The Labute approximate surface area is 92.2 Å². The Hall–Kier alpha value is -1.02. The van der Waals surface area contributed by atoms with Crippen LogP contribution in [0, 0.1) is 6.07 Å². The minimum atomic E-state index is -0.114. The Kier molecular flexibility index (Phi) is 5.86. The summed E-state index contributed by atoms with van der Waals surface area (Å²) in [5, 5.41) is 0. The lowest BCUT2D eigenvalue weighted by Gasteiger charge is -2.18. The number of rotatable bonds is 7. The van der Waals surface area contributed by atoms with E-state index in [4.69, 9.17) is 9.47 Å². The topological polar surface area (TPSA) is 18.5 Å². The SMILES string of the molecule is CCCCC(OCC)Oc1cc[c]cc1. The maximum atomic E-state index is 5.71. The summed E-state index contributed by atoms with van der Waals surface area (Å²) in [7, 11) is 0. The molecule has 0 amide bonds. The normalized spacial score (nSPS) is 12.4. The summed E-state index contributed by atoms with van der Waals surface area (Å²) in [4.78, 5) is 0. The Morgan fingerprint density at radius 1 is 1.27 bits per heavy atom. The zero-order chi connectivity index (χ0) is 10.9. The third-order valence-electron chi connectivity index (χ3n) is 2.10. The molecule has 2 heteroatoms. The summed E-state index contributed by atoms with van der Waals surface area (Å²) in [6.07, 6.45) is 3.12. The lowest BCUT2D eigenvalue weighted by atomic mass is 10.2. The van der Waals surface area contributed by atoms with E-state index < -0.39 is 0 Å². The van der Waals surface area contributed by atoms with Crippen molar-refractivity contribution in [1.29, 1.82) is 0 Å². The van der Waals surface area contributed by atoms with Crippen LogP contribution in [0.1, 0.15) is 33.1 Å². The highest BCUT2D eigenvalue weighted by atomic mass is 16.7. The van der Waals surface area contributed by atoms with Crippen molar-refractivity contribution in [3.8, 4) is 5.75 Å². The van der Waals surface area contributed by atoms with E-state index in [1.54, 1.807) is 0 Å². The van der Waals surface area contributed by atoms with Gasteiger partial charge < -0.3 is 9.47 Å². The Morgan fingerprint density at radius 3 is 2.60 bits per heavy atom. The van der Waals surface area contributed by atoms with Crippen molar-refractivity contribution in [2.24, 2.45) is 0 Å². The van der Waals surface area contributed by atoms with E-state index >= 15 is 0 Å². The van der Waals surface area contributed by atoms with Gasteiger partial charge in [0.05, 0.1) is 0 Å². The average Bonchev–Trinajstić information content (AvgIpc) is 2.28. The second-order valence-corrected chi connectivity index (χ2v) is 3.38. The summed E-state index contributed by atoms with van der Waals surface area (Å²) in [5.41, 5.74) is 0. The molecule has 0 aromatic heterocycles. The average molecular weight is 207 g/mol. The molecule has 0 saturated heterocycles. The van der Waals surface area contributed by atoms with Gasteiger partial charge in [-0.15, -0.1) is 0 Å². The van der Waals surface area contributed by atoms with E-state index in [1.807, 2.05) is 31.2 Å². The molecule has 83 valence electrons. The van der Waals surface area contributed by atoms with Crippen molar-refractivity contribution in [3.63, 3.8) is 0 Å². The zero-order valence-corrected chi connectivity index (χ0v) is 9.53. The standard InChI is InChI=1S/C13H19O2/c1-3-5-11-13(14-4-2)15-12-9-7-6-8-10-12/h7-10,13H,3-5,11H2,1-2H3. The molecule has 1 radical (unpaired) electrons. The van der Waals surface area contributed by atoms with Crippen LogP contribution in [-0.4, -0.2) is 12.9 Å². The molecule has 0 bridgehead atoms. The summed E-state index contributed by atoms with van der Waals surface area (Å²) >= 11 is 0. The van der Waals surface area contributed by atoms with Crippen molar-refractivity contribution in [2.45, 2.75) is 39.4 Å². The van der Waals surface area contributed by atoms with Gasteiger partial charge in [0, 0.05) is 13.0 Å². The zero-order valence-electron chi connectivity index (χ0n) is 9.53. The van der Waals surface area contributed by atoms with Gasteiger partial charge in [-0.2, -0.15) is 0 Å². The van der Waals surface area contributed by atoms with Crippen LogP contribution < -0.4 is 4.74 Å². The van der Waals surface area contributed by atoms with Gasteiger partial charge in [0.25, 0.3) is 0 Å². The number of hydrogen-bond donors (Lipinski definition) is 0. The van der Waals surface area contributed by atoms with E-state index in [0.29, 0.717) is 6.61 Å². The molecule has 1 aromatic carbocycles. The van der Waals surface area contributed by atoms with Crippen LogP contribution in [0.3, 0.4) is 0 Å². The molecular formula is C13H19O2. The molecule has 0 heterocycles.